The van der Waals surface area contributed by atoms with E-state index in [4.69, 9.17) is 23.2 Å². The van der Waals surface area contributed by atoms with Crippen LogP contribution in [0.3, 0.4) is 0 Å². The molecule has 3 rings (SSSR count). The van der Waals surface area contributed by atoms with Crippen LogP contribution in [0.25, 0.3) is 0 Å². The van der Waals surface area contributed by atoms with Crippen LogP contribution in [0.1, 0.15) is 10.6 Å². The van der Waals surface area contributed by atoms with Crippen LogP contribution >= 0.6 is 46.3 Å². The predicted molar refractivity (Wildman–Crippen MR) is 110 cm³/mol. The number of carbonyl (C=O) groups is 1. The number of benzene rings is 2. The number of amides is 2. The molecule has 1 aromatic heterocycles. The molecule has 0 spiro atoms. The zero-order valence-corrected chi connectivity index (χ0v) is 16.9. The first-order valence-corrected chi connectivity index (χ1v) is 10.4. The minimum Gasteiger partial charge on any atom is -0.306 e. The van der Waals surface area contributed by atoms with E-state index in [1.54, 1.807) is 30.3 Å². The van der Waals surface area contributed by atoms with E-state index >= 15 is 0 Å². The molecular formula is C17H13Cl2FN4OS2. The van der Waals surface area contributed by atoms with Crippen molar-refractivity contribution >= 4 is 63.2 Å². The molecule has 5 nitrogen and oxygen atoms in total. The average molecular weight is 443 g/mol. The Kier molecular flexibility index (Phi) is 6.89. The molecule has 0 unspecified atom stereocenters. The number of anilines is 2. The lowest BCUT2D eigenvalue weighted by Gasteiger charge is -2.07. The number of urea groups is 1. The van der Waals surface area contributed by atoms with E-state index in [9.17, 15) is 9.18 Å². The molecule has 27 heavy (non-hydrogen) atoms. The van der Waals surface area contributed by atoms with Crippen LogP contribution in [-0.4, -0.2) is 16.2 Å². The molecule has 2 amide bonds. The summed E-state index contributed by atoms with van der Waals surface area (Å²) in [6.45, 7) is 0. The van der Waals surface area contributed by atoms with E-state index in [1.807, 2.05) is 0 Å². The predicted octanol–water partition coefficient (Wildman–Crippen LogP) is 6.06. The SMILES string of the molecule is O=C(Nc1nnc(CSCc2ccccc2F)s1)Nc1ccc(Cl)cc1Cl. The van der Waals surface area contributed by atoms with E-state index in [1.165, 1.54) is 35.2 Å². The molecule has 0 aliphatic rings. The fraction of sp³-hybridized carbons (Fsp3) is 0.118. The van der Waals surface area contributed by atoms with Crippen molar-refractivity contribution in [2.45, 2.75) is 11.5 Å². The highest BCUT2D eigenvalue weighted by Gasteiger charge is 2.11. The second kappa shape index (κ2) is 9.36. The normalized spacial score (nSPS) is 10.6. The van der Waals surface area contributed by atoms with Gasteiger partial charge in [0.15, 0.2) is 0 Å². The van der Waals surface area contributed by atoms with Crippen LogP contribution in [0.15, 0.2) is 42.5 Å². The Morgan fingerprint density at radius 1 is 1.11 bits per heavy atom. The molecule has 140 valence electrons. The molecule has 0 aliphatic heterocycles. The second-order valence-electron chi connectivity index (χ2n) is 5.29. The molecule has 10 heteroatoms. The molecule has 1 heterocycles. The van der Waals surface area contributed by atoms with Gasteiger partial charge in [-0.2, -0.15) is 0 Å². The molecule has 0 bridgehead atoms. The fourth-order valence-electron chi connectivity index (χ4n) is 2.07. The smallest absolute Gasteiger partial charge is 0.306 e. The van der Waals surface area contributed by atoms with Gasteiger partial charge < -0.3 is 5.32 Å². The lowest BCUT2D eigenvalue weighted by Crippen LogP contribution is -2.19. The monoisotopic (exact) mass is 442 g/mol. The third kappa shape index (κ3) is 5.80. The van der Waals surface area contributed by atoms with E-state index in [0.717, 1.165) is 5.01 Å². The van der Waals surface area contributed by atoms with Crippen molar-refractivity contribution in [1.29, 1.82) is 0 Å². The van der Waals surface area contributed by atoms with E-state index in [-0.39, 0.29) is 5.82 Å². The average Bonchev–Trinajstić information content (AvgIpc) is 3.06. The van der Waals surface area contributed by atoms with Crippen molar-refractivity contribution in [2.75, 3.05) is 10.6 Å². The highest BCUT2D eigenvalue weighted by molar-refractivity contribution is 7.97. The molecular weight excluding hydrogens is 430 g/mol. The number of halogens is 3. The van der Waals surface area contributed by atoms with Crippen LogP contribution in [-0.2, 0) is 11.5 Å². The second-order valence-corrected chi connectivity index (χ2v) is 8.18. The summed E-state index contributed by atoms with van der Waals surface area (Å²) < 4.78 is 13.6. The molecule has 2 aromatic carbocycles. The third-order valence-corrected chi connectivity index (χ3v) is 5.87. The standard InChI is InChI=1S/C17H13Cl2FN4OS2/c18-11-5-6-14(12(19)7-11)21-16(25)22-17-24-23-15(27-17)9-26-8-10-3-1-2-4-13(10)20/h1-7H,8-9H2,(H2,21,22,24,25). The summed E-state index contributed by atoms with van der Waals surface area (Å²) in [4.78, 5) is 12.0. The number of nitrogens with zero attached hydrogens (tertiary/aromatic N) is 2. The van der Waals surface area contributed by atoms with Gasteiger partial charge in [0.1, 0.15) is 10.8 Å². The van der Waals surface area contributed by atoms with E-state index in [2.05, 4.69) is 20.8 Å². The number of carbonyl (C=O) groups excluding carboxylic acids is 1. The Morgan fingerprint density at radius 2 is 1.93 bits per heavy atom. The Labute approximate surface area is 173 Å². The van der Waals surface area contributed by atoms with E-state index < -0.39 is 6.03 Å². The first-order chi connectivity index (χ1) is 13.0. The fourth-order valence-corrected chi connectivity index (χ4v) is 4.33. The van der Waals surface area contributed by atoms with Crippen molar-refractivity contribution in [3.05, 3.63) is 68.9 Å². The number of nitrogens with one attached hydrogen (secondary N) is 2. The molecule has 0 aliphatic carbocycles. The lowest BCUT2D eigenvalue weighted by molar-refractivity contribution is 0.262. The highest BCUT2D eigenvalue weighted by atomic mass is 35.5. The summed E-state index contributed by atoms with van der Waals surface area (Å²) in [5, 5.41) is 15.1. The number of rotatable bonds is 6. The van der Waals surface area contributed by atoms with Gasteiger partial charge in [-0.25, -0.2) is 9.18 Å². The quantitative estimate of drug-likeness (QED) is 0.486. The summed E-state index contributed by atoms with van der Waals surface area (Å²) in [6.07, 6.45) is 0. The van der Waals surface area contributed by atoms with Gasteiger partial charge in [0.25, 0.3) is 0 Å². The largest absolute Gasteiger partial charge is 0.325 e. The van der Waals surface area contributed by atoms with Crippen LogP contribution in [0.2, 0.25) is 10.0 Å². The van der Waals surface area contributed by atoms with Gasteiger partial charge in [-0.1, -0.05) is 52.7 Å². The highest BCUT2D eigenvalue weighted by Crippen LogP contribution is 2.26. The first-order valence-electron chi connectivity index (χ1n) is 7.68. The first kappa shape index (κ1) is 19.9. The van der Waals surface area contributed by atoms with Crippen LogP contribution in [0, 0.1) is 5.82 Å². The number of hydrogen-bond donors (Lipinski definition) is 2. The summed E-state index contributed by atoms with van der Waals surface area (Å²) in [5.41, 5.74) is 1.08. The van der Waals surface area contributed by atoms with Crippen LogP contribution in [0.5, 0.6) is 0 Å². The molecule has 0 saturated heterocycles. The van der Waals surface area contributed by atoms with Gasteiger partial charge in [0.2, 0.25) is 5.13 Å². The van der Waals surface area contributed by atoms with Crippen LogP contribution in [0.4, 0.5) is 20.0 Å². The minimum absolute atomic E-state index is 0.220. The summed E-state index contributed by atoms with van der Waals surface area (Å²) >= 11 is 14.6. The Morgan fingerprint density at radius 3 is 2.70 bits per heavy atom. The maximum absolute atomic E-state index is 13.6. The van der Waals surface area contributed by atoms with Crippen molar-refractivity contribution in [1.82, 2.24) is 10.2 Å². The summed E-state index contributed by atoms with van der Waals surface area (Å²) in [6, 6.07) is 10.9. The van der Waals surface area contributed by atoms with Gasteiger partial charge in [-0.15, -0.1) is 22.0 Å². The van der Waals surface area contributed by atoms with Gasteiger partial charge in [0.05, 0.1) is 10.7 Å². The van der Waals surface area contributed by atoms with Gasteiger partial charge in [-0.05, 0) is 29.8 Å². The lowest BCUT2D eigenvalue weighted by atomic mass is 10.2. The summed E-state index contributed by atoms with van der Waals surface area (Å²) in [5.74, 6) is 0.880. The van der Waals surface area contributed by atoms with Crippen molar-refractivity contribution in [3.8, 4) is 0 Å². The molecule has 0 fully saturated rings. The Balaban J connectivity index is 1.50. The third-order valence-electron chi connectivity index (χ3n) is 3.31. The van der Waals surface area contributed by atoms with Crippen molar-refractivity contribution in [3.63, 3.8) is 0 Å². The Bertz CT molecular complexity index is 954. The zero-order chi connectivity index (χ0) is 19.2. The maximum Gasteiger partial charge on any atom is 0.325 e. The summed E-state index contributed by atoms with van der Waals surface area (Å²) in [7, 11) is 0. The number of hydrogen-bond acceptors (Lipinski definition) is 5. The van der Waals surface area contributed by atoms with Gasteiger partial charge in [0, 0.05) is 16.5 Å². The Hall–Kier alpha value is -1.87. The molecule has 2 N–H and O–H groups in total. The molecule has 0 saturated carbocycles. The number of thioether (sulfide) groups is 1. The minimum atomic E-state index is -0.485. The molecule has 3 aromatic rings. The molecule has 0 atom stereocenters. The maximum atomic E-state index is 13.6. The van der Waals surface area contributed by atoms with Crippen molar-refractivity contribution in [2.24, 2.45) is 0 Å². The van der Waals surface area contributed by atoms with Crippen LogP contribution < -0.4 is 10.6 Å². The van der Waals surface area contributed by atoms with Gasteiger partial charge >= 0.3 is 6.03 Å². The van der Waals surface area contributed by atoms with E-state index in [0.29, 0.717) is 37.9 Å². The van der Waals surface area contributed by atoms with Gasteiger partial charge in [-0.3, -0.25) is 5.32 Å². The number of aromatic nitrogens is 2. The zero-order valence-electron chi connectivity index (χ0n) is 13.7. The van der Waals surface area contributed by atoms with Crippen molar-refractivity contribution < 1.29 is 9.18 Å². The molecule has 0 radical (unpaired) electrons. The topological polar surface area (TPSA) is 66.9 Å².